The summed E-state index contributed by atoms with van der Waals surface area (Å²) >= 11 is 5.27. The maximum absolute atomic E-state index is 5.96. The second-order valence-corrected chi connectivity index (χ2v) is 6.66. The van der Waals surface area contributed by atoms with Gasteiger partial charge >= 0.3 is 0 Å². The highest BCUT2D eigenvalue weighted by Gasteiger charge is 2.03. The Kier molecular flexibility index (Phi) is 4.43. The minimum atomic E-state index is 0.801. The van der Waals surface area contributed by atoms with Gasteiger partial charge in [0.25, 0.3) is 0 Å². The van der Waals surface area contributed by atoms with Crippen LogP contribution in [-0.2, 0) is 13.1 Å². The third-order valence-corrected chi connectivity index (χ3v) is 4.59. The summed E-state index contributed by atoms with van der Waals surface area (Å²) in [5, 5.41) is 3.43. The molecule has 1 heterocycles. The highest BCUT2D eigenvalue weighted by atomic mass is 79.9. The van der Waals surface area contributed by atoms with Crippen molar-refractivity contribution in [1.29, 1.82) is 0 Å². The lowest BCUT2D eigenvalue weighted by Gasteiger charge is -2.07. The molecule has 0 fully saturated rings. The molecule has 3 N–H and O–H groups in total. The molecule has 0 radical (unpaired) electrons. The van der Waals surface area contributed by atoms with Crippen molar-refractivity contribution in [1.82, 2.24) is 5.32 Å². The first-order valence-corrected chi connectivity index (χ1v) is 7.47. The molecule has 0 atom stereocenters. The van der Waals surface area contributed by atoms with Gasteiger partial charge in [-0.3, -0.25) is 0 Å². The van der Waals surface area contributed by atoms with E-state index in [0.29, 0.717) is 0 Å². The quantitative estimate of drug-likeness (QED) is 0.834. The summed E-state index contributed by atoms with van der Waals surface area (Å²) in [6.07, 6.45) is 0. The normalized spacial score (nSPS) is 10.8. The lowest BCUT2D eigenvalue weighted by Crippen LogP contribution is -2.13. The van der Waals surface area contributed by atoms with Crippen molar-refractivity contribution in [3.8, 4) is 0 Å². The molecule has 18 heavy (non-hydrogen) atoms. The van der Waals surface area contributed by atoms with Crippen molar-refractivity contribution < 1.29 is 0 Å². The third kappa shape index (κ3) is 3.34. The number of benzene rings is 1. The minimum Gasteiger partial charge on any atom is -0.398 e. The zero-order chi connectivity index (χ0) is 13.1. The van der Waals surface area contributed by atoms with Gasteiger partial charge in [0, 0.05) is 33.0 Å². The Morgan fingerprint density at radius 3 is 2.61 bits per heavy atom. The lowest BCUT2D eigenvalue weighted by atomic mass is 10.2. The van der Waals surface area contributed by atoms with Crippen molar-refractivity contribution in [3.63, 3.8) is 0 Å². The predicted octanol–water partition coefficient (Wildman–Crippen LogP) is 4.00. The molecule has 2 rings (SSSR count). The number of nitrogens with two attached hydrogens (primary N) is 1. The van der Waals surface area contributed by atoms with Gasteiger partial charge in [-0.2, -0.15) is 0 Å². The van der Waals surface area contributed by atoms with Crippen LogP contribution < -0.4 is 11.1 Å². The molecule has 2 aromatic rings. The largest absolute Gasteiger partial charge is 0.398 e. The van der Waals surface area contributed by atoms with E-state index in [-0.39, 0.29) is 0 Å². The lowest BCUT2D eigenvalue weighted by molar-refractivity contribution is 0.702. The monoisotopic (exact) mass is 324 g/mol. The Morgan fingerprint density at radius 1 is 1.22 bits per heavy atom. The third-order valence-electron chi connectivity index (χ3n) is 2.94. The second-order valence-electron chi connectivity index (χ2n) is 4.40. The van der Waals surface area contributed by atoms with Crippen LogP contribution in [0.25, 0.3) is 0 Å². The maximum atomic E-state index is 5.96. The van der Waals surface area contributed by atoms with Crippen LogP contribution in [0.1, 0.15) is 20.9 Å². The number of aryl methyl sites for hydroxylation is 2. The molecule has 4 heteroatoms. The van der Waals surface area contributed by atoms with Gasteiger partial charge in [0.15, 0.2) is 0 Å². The molecular formula is C14H17BrN2S. The molecule has 0 amide bonds. The number of nitrogens with one attached hydrogen (secondary N) is 1. The van der Waals surface area contributed by atoms with Crippen molar-refractivity contribution in [2.45, 2.75) is 26.9 Å². The molecular weight excluding hydrogens is 308 g/mol. The highest BCUT2D eigenvalue weighted by Crippen LogP contribution is 2.21. The summed E-state index contributed by atoms with van der Waals surface area (Å²) < 4.78 is 1.02. The number of halogens is 1. The topological polar surface area (TPSA) is 38.0 Å². The molecule has 0 aliphatic rings. The molecule has 0 bridgehead atoms. The summed E-state index contributed by atoms with van der Waals surface area (Å²) in [6, 6.07) is 8.26. The number of rotatable bonds is 4. The second kappa shape index (κ2) is 5.87. The van der Waals surface area contributed by atoms with Gasteiger partial charge in [0.2, 0.25) is 0 Å². The van der Waals surface area contributed by atoms with Crippen molar-refractivity contribution in [3.05, 3.63) is 49.6 Å². The van der Waals surface area contributed by atoms with E-state index in [1.54, 1.807) is 0 Å². The fourth-order valence-electron chi connectivity index (χ4n) is 1.78. The van der Waals surface area contributed by atoms with E-state index in [2.05, 4.69) is 47.2 Å². The SMILES string of the molecule is Cc1cc(CNCc2ccc(Br)cc2N)sc1C. The van der Waals surface area contributed by atoms with E-state index >= 15 is 0 Å². The zero-order valence-electron chi connectivity index (χ0n) is 10.6. The van der Waals surface area contributed by atoms with E-state index in [9.17, 15) is 0 Å². The minimum absolute atomic E-state index is 0.801. The van der Waals surface area contributed by atoms with Gasteiger partial charge in [-0.05, 0) is 43.2 Å². The Morgan fingerprint density at radius 2 is 2.00 bits per heavy atom. The van der Waals surface area contributed by atoms with Gasteiger partial charge in [-0.1, -0.05) is 22.0 Å². The van der Waals surface area contributed by atoms with Gasteiger partial charge in [0.1, 0.15) is 0 Å². The zero-order valence-corrected chi connectivity index (χ0v) is 13.0. The maximum Gasteiger partial charge on any atom is 0.0370 e. The van der Waals surface area contributed by atoms with Crippen LogP contribution in [0.3, 0.4) is 0 Å². The molecule has 1 aromatic carbocycles. The predicted molar refractivity (Wildman–Crippen MR) is 82.9 cm³/mol. The van der Waals surface area contributed by atoms with Gasteiger partial charge in [0.05, 0.1) is 0 Å². The van der Waals surface area contributed by atoms with Crippen LogP contribution >= 0.6 is 27.3 Å². The van der Waals surface area contributed by atoms with Crippen LogP contribution in [0.2, 0.25) is 0 Å². The number of nitrogen functional groups attached to an aromatic ring is 1. The molecule has 0 spiro atoms. The van der Waals surface area contributed by atoms with Crippen LogP contribution in [-0.4, -0.2) is 0 Å². The fraction of sp³-hybridized carbons (Fsp3) is 0.286. The first-order valence-electron chi connectivity index (χ1n) is 5.87. The van der Waals surface area contributed by atoms with Gasteiger partial charge < -0.3 is 11.1 Å². The van der Waals surface area contributed by atoms with E-state index in [1.165, 1.54) is 15.3 Å². The highest BCUT2D eigenvalue weighted by molar-refractivity contribution is 9.10. The van der Waals surface area contributed by atoms with E-state index in [4.69, 9.17) is 5.73 Å². The van der Waals surface area contributed by atoms with Crippen LogP contribution in [0.5, 0.6) is 0 Å². The van der Waals surface area contributed by atoms with Gasteiger partial charge in [-0.15, -0.1) is 11.3 Å². The van der Waals surface area contributed by atoms with E-state index in [0.717, 1.165) is 28.8 Å². The molecule has 0 unspecified atom stereocenters. The fourth-order valence-corrected chi connectivity index (χ4v) is 3.19. The van der Waals surface area contributed by atoms with Crippen LogP contribution in [0, 0.1) is 13.8 Å². The van der Waals surface area contributed by atoms with Crippen LogP contribution in [0.4, 0.5) is 5.69 Å². The first kappa shape index (κ1) is 13.6. The Balaban J connectivity index is 1.92. The number of thiophene rings is 1. The molecule has 0 aliphatic carbocycles. The van der Waals surface area contributed by atoms with Crippen LogP contribution in [0.15, 0.2) is 28.7 Å². The summed E-state index contributed by atoms with van der Waals surface area (Å²) in [4.78, 5) is 2.77. The molecule has 96 valence electrons. The molecule has 0 aliphatic heterocycles. The summed E-state index contributed by atoms with van der Waals surface area (Å²) in [7, 11) is 0. The molecule has 0 saturated carbocycles. The summed E-state index contributed by atoms with van der Waals surface area (Å²) in [6.45, 7) is 6.02. The first-order chi connectivity index (χ1) is 8.56. The Labute approximate surface area is 120 Å². The number of hydrogen-bond acceptors (Lipinski definition) is 3. The average Bonchev–Trinajstić information content (AvgIpc) is 2.61. The molecule has 1 aromatic heterocycles. The van der Waals surface area contributed by atoms with Crippen molar-refractivity contribution in [2.75, 3.05) is 5.73 Å². The molecule has 0 saturated heterocycles. The van der Waals surface area contributed by atoms with E-state index < -0.39 is 0 Å². The average molecular weight is 325 g/mol. The Bertz CT molecular complexity index is 529. The Hall–Kier alpha value is -0.840. The van der Waals surface area contributed by atoms with Crippen molar-refractivity contribution in [2.24, 2.45) is 0 Å². The number of hydrogen-bond donors (Lipinski definition) is 2. The smallest absolute Gasteiger partial charge is 0.0370 e. The van der Waals surface area contributed by atoms with Gasteiger partial charge in [-0.25, -0.2) is 0 Å². The summed E-state index contributed by atoms with van der Waals surface area (Å²) in [5.74, 6) is 0. The molecule has 2 nitrogen and oxygen atoms in total. The standard InChI is InChI=1S/C14H17BrN2S/c1-9-5-13(18-10(9)2)8-17-7-11-3-4-12(15)6-14(11)16/h3-6,17H,7-8,16H2,1-2H3. The summed E-state index contributed by atoms with van der Waals surface area (Å²) in [5.41, 5.74) is 9.31. The van der Waals surface area contributed by atoms with E-state index in [1.807, 2.05) is 23.5 Å². The van der Waals surface area contributed by atoms with Crippen molar-refractivity contribution >= 4 is 33.0 Å². The number of anilines is 1.